The monoisotopic (exact) mass is 347 g/mol. The predicted molar refractivity (Wildman–Crippen MR) is 87.7 cm³/mol. The Morgan fingerprint density at radius 3 is 2.71 bits per heavy atom. The number of aryl methyl sites for hydroxylation is 1. The number of hydrogen-bond donors (Lipinski definition) is 1. The van der Waals surface area contributed by atoms with Crippen LogP contribution in [0.3, 0.4) is 0 Å². The first-order valence-electron chi connectivity index (χ1n) is 6.86. The Morgan fingerprint density at radius 1 is 1.24 bits per heavy atom. The van der Waals surface area contributed by atoms with E-state index in [1.165, 1.54) is 0 Å². The normalized spacial score (nSPS) is 10.2. The van der Waals surface area contributed by atoms with Gasteiger partial charge in [0.25, 0.3) is 5.91 Å². The lowest BCUT2D eigenvalue weighted by Gasteiger charge is -2.10. The van der Waals surface area contributed by atoms with Crippen molar-refractivity contribution in [3.63, 3.8) is 0 Å². The first-order chi connectivity index (χ1) is 10.1. The van der Waals surface area contributed by atoms with E-state index >= 15 is 0 Å². The predicted octanol–water partition coefficient (Wildman–Crippen LogP) is 4.09. The maximum Gasteiger partial charge on any atom is 0.251 e. The number of carbonyl (C=O) groups excluding carboxylic acids is 1. The number of amides is 1. The van der Waals surface area contributed by atoms with Gasteiger partial charge in [0.2, 0.25) is 0 Å². The maximum absolute atomic E-state index is 12.1. The van der Waals surface area contributed by atoms with Crippen molar-refractivity contribution < 1.29 is 9.53 Å². The van der Waals surface area contributed by atoms with Gasteiger partial charge in [0.15, 0.2) is 0 Å². The van der Waals surface area contributed by atoms with Crippen LogP contribution < -0.4 is 10.1 Å². The molecule has 110 valence electrons. The second-order valence-corrected chi connectivity index (χ2v) is 5.64. The molecule has 0 aliphatic heterocycles. The standard InChI is InChI=1S/C17H18BrNO2/c1-3-21-16-8-7-13(9-12(16)2)11-19-17(20)14-5-4-6-15(18)10-14/h4-10H,3,11H2,1-2H3,(H,19,20). The quantitative estimate of drug-likeness (QED) is 0.884. The first-order valence-corrected chi connectivity index (χ1v) is 7.65. The van der Waals surface area contributed by atoms with Crippen LogP contribution in [0.1, 0.15) is 28.4 Å². The largest absolute Gasteiger partial charge is 0.494 e. The van der Waals surface area contributed by atoms with Gasteiger partial charge in [-0.25, -0.2) is 0 Å². The van der Waals surface area contributed by atoms with Crippen molar-refractivity contribution >= 4 is 21.8 Å². The number of rotatable bonds is 5. The summed E-state index contributed by atoms with van der Waals surface area (Å²) in [5.41, 5.74) is 2.78. The highest BCUT2D eigenvalue weighted by molar-refractivity contribution is 9.10. The Kier molecular flexibility index (Phi) is 5.39. The van der Waals surface area contributed by atoms with E-state index in [1.807, 2.05) is 44.2 Å². The molecule has 2 rings (SSSR count). The molecule has 0 atom stereocenters. The van der Waals surface area contributed by atoms with Crippen molar-refractivity contribution in [3.8, 4) is 5.75 Å². The summed E-state index contributed by atoms with van der Waals surface area (Å²) in [5.74, 6) is 0.808. The molecule has 0 heterocycles. The number of nitrogens with one attached hydrogen (secondary N) is 1. The van der Waals surface area contributed by atoms with Gasteiger partial charge in [-0.05, 0) is 49.2 Å². The summed E-state index contributed by atoms with van der Waals surface area (Å²) in [6.45, 7) is 5.12. The molecule has 21 heavy (non-hydrogen) atoms. The molecule has 0 aliphatic carbocycles. The van der Waals surface area contributed by atoms with E-state index in [2.05, 4.69) is 21.2 Å². The fraction of sp³-hybridized carbons (Fsp3) is 0.235. The topological polar surface area (TPSA) is 38.3 Å². The highest BCUT2D eigenvalue weighted by Gasteiger charge is 2.06. The van der Waals surface area contributed by atoms with E-state index in [0.717, 1.165) is 21.3 Å². The number of carbonyl (C=O) groups is 1. The van der Waals surface area contributed by atoms with Crippen LogP contribution in [0.4, 0.5) is 0 Å². The summed E-state index contributed by atoms with van der Waals surface area (Å²) < 4.78 is 6.40. The Morgan fingerprint density at radius 2 is 2.05 bits per heavy atom. The molecule has 0 saturated heterocycles. The summed E-state index contributed by atoms with van der Waals surface area (Å²) in [7, 11) is 0. The fourth-order valence-electron chi connectivity index (χ4n) is 2.05. The summed E-state index contributed by atoms with van der Waals surface area (Å²) in [4.78, 5) is 12.1. The molecule has 1 amide bonds. The second-order valence-electron chi connectivity index (χ2n) is 4.73. The molecular formula is C17H18BrNO2. The molecule has 2 aromatic carbocycles. The van der Waals surface area contributed by atoms with Gasteiger partial charge in [0, 0.05) is 16.6 Å². The van der Waals surface area contributed by atoms with Gasteiger partial charge in [-0.3, -0.25) is 4.79 Å². The zero-order valence-electron chi connectivity index (χ0n) is 12.2. The Hall–Kier alpha value is -1.81. The van der Waals surface area contributed by atoms with Crippen LogP contribution in [0.5, 0.6) is 5.75 Å². The molecule has 0 radical (unpaired) electrons. The average molecular weight is 348 g/mol. The number of halogens is 1. The first kappa shape index (κ1) is 15.6. The number of ether oxygens (including phenoxy) is 1. The molecule has 0 saturated carbocycles. The molecule has 0 spiro atoms. The van der Waals surface area contributed by atoms with Crippen molar-refractivity contribution in [3.05, 3.63) is 63.6 Å². The minimum atomic E-state index is -0.0807. The van der Waals surface area contributed by atoms with Crippen LogP contribution in [-0.2, 0) is 6.54 Å². The third-order valence-corrected chi connectivity index (χ3v) is 3.57. The van der Waals surface area contributed by atoms with Crippen LogP contribution in [0, 0.1) is 6.92 Å². The van der Waals surface area contributed by atoms with Crippen molar-refractivity contribution in [2.45, 2.75) is 20.4 Å². The van der Waals surface area contributed by atoms with Crippen molar-refractivity contribution in [2.75, 3.05) is 6.61 Å². The van der Waals surface area contributed by atoms with Crippen molar-refractivity contribution in [2.24, 2.45) is 0 Å². The molecule has 4 heteroatoms. The third kappa shape index (κ3) is 4.33. The Labute approximate surface area is 133 Å². The number of benzene rings is 2. The Balaban J connectivity index is 2.00. The summed E-state index contributed by atoms with van der Waals surface area (Å²) in [6.07, 6.45) is 0. The molecule has 0 fully saturated rings. The van der Waals surface area contributed by atoms with Crippen LogP contribution in [0.15, 0.2) is 46.9 Å². The van der Waals surface area contributed by atoms with Gasteiger partial charge in [-0.2, -0.15) is 0 Å². The van der Waals surface area contributed by atoms with Crippen LogP contribution in [0.2, 0.25) is 0 Å². The minimum absolute atomic E-state index is 0.0807. The van der Waals surface area contributed by atoms with Gasteiger partial charge in [-0.1, -0.05) is 34.1 Å². The lowest BCUT2D eigenvalue weighted by atomic mass is 10.1. The third-order valence-electron chi connectivity index (χ3n) is 3.08. The van der Waals surface area contributed by atoms with Gasteiger partial charge >= 0.3 is 0 Å². The second kappa shape index (κ2) is 7.27. The van der Waals surface area contributed by atoms with Gasteiger partial charge in [0.1, 0.15) is 5.75 Å². The van der Waals surface area contributed by atoms with Crippen LogP contribution >= 0.6 is 15.9 Å². The zero-order valence-corrected chi connectivity index (χ0v) is 13.7. The summed E-state index contributed by atoms with van der Waals surface area (Å²) in [6, 6.07) is 13.3. The highest BCUT2D eigenvalue weighted by Crippen LogP contribution is 2.19. The molecule has 0 bridgehead atoms. The summed E-state index contributed by atoms with van der Waals surface area (Å²) in [5, 5.41) is 2.92. The number of hydrogen-bond acceptors (Lipinski definition) is 2. The van der Waals surface area contributed by atoms with Crippen molar-refractivity contribution in [1.82, 2.24) is 5.32 Å². The van der Waals surface area contributed by atoms with E-state index in [4.69, 9.17) is 4.74 Å². The maximum atomic E-state index is 12.1. The lowest BCUT2D eigenvalue weighted by molar-refractivity contribution is 0.0951. The Bertz CT molecular complexity index is 640. The zero-order chi connectivity index (χ0) is 15.2. The molecular weight excluding hydrogens is 330 g/mol. The molecule has 0 aromatic heterocycles. The van der Waals surface area contributed by atoms with Crippen molar-refractivity contribution in [1.29, 1.82) is 0 Å². The van der Waals surface area contributed by atoms with E-state index in [1.54, 1.807) is 12.1 Å². The lowest BCUT2D eigenvalue weighted by Crippen LogP contribution is -2.22. The molecule has 0 aliphatic rings. The van der Waals surface area contributed by atoms with E-state index in [9.17, 15) is 4.79 Å². The van der Waals surface area contributed by atoms with Crippen LogP contribution in [-0.4, -0.2) is 12.5 Å². The fourth-order valence-corrected chi connectivity index (χ4v) is 2.45. The molecule has 3 nitrogen and oxygen atoms in total. The average Bonchev–Trinajstić information content (AvgIpc) is 2.47. The van der Waals surface area contributed by atoms with E-state index in [0.29, 0.717) is 18.7 Å². The summed E-state index contributed by atoms with van der Waals surface area (Å²) >= 11 is 3.36. The molecule has 0 unspecified atom stereocenters. The van der Waals surface area contributed by atoms with Crippen LogP contribution in [0.25, 0.3) is 0 Å². The smallest absolute Gasteiger partial charge is 0.251 e. The van der Waals surface area contributed by atoms with Gasteiger partial charge < -0.3 is 10.1 Å². The van der Waals surface area contributed by atoms with E-state index < -0.39 is 0 Å². The van der Waals surface area contributed by atoms with E-state index in [-0.39, 0.29) is 5.91 Å². The van der Waals surface area contributed by atoms with Gasteiger partial charge in [0.05, 0.1) is 6.61 Å². The molecule has 1 N–H and O–H groups in total. The van der Waals surface area contributed by atoms with Gasteiger partial charge in [-0.15, -0.1) is 0 Å². The highest BCUT2D eigenvalue weighted by atomic mass is 79.9. The molecule has 2 aromatic rings. The minimum Gasteiger partial charge on any atom is -0.494 e. The SMILES string of the molecule is CCOc1ccc(CNC(=O)c2cccc(Br)c2)cc1C.